The first-order valence-electron chi connectivity index (χ1n) is 4.24. The van der Waals surface area contributed by atoms with Crippen LogP contribution in [0.2, 0.25) is 0 Å². The molecule has 3 N–H and O–H groups in total. The van der Waals surface area contributed by atoms with Crippen LogP contribution >= 0.6 is 0 Å². The summed E-state index contributed by atoms with van der Waals surface area (Å²) in [7, 11) is 0. The molecule has 0 aliphatic heterocycles. The Hall–Kier alpha value is -1.42. The maximum absolute atomic E-state index is 11.4. The smallest absolute Gasteiger partial charge is 0.251 e. The van der Waals surface area contributed by atoms with E-state index in [0.717, 1.165) is 6.42 Å². The van der Waals surface area contributed by atoms with Gasteiger partial charge >= 0.3 is 0 Å². The van der Waals surface area contributed by atoms with Crippen molar-refractivity contribution in [2.45, 2.75) is 18.5 Å². The van der Waals surface area contributed by atoms with Crippen LogP contribution in [0.25, 0.3) is 0 Å². The highest BCUT2D eigenvalue weighted by Gasteiger charge is 2.34. The largest absolute Gasteiger partial charge is 0.348 e. The highest BCUT2D eigenvalue weighted by Crippen LogP contribution is 2.18. The molecule has 1 aliphatic carbocycles. The van der Waals surface area contributed by atoms with E-state index in [4.69, 9.17) is 5.73 Å². The van der Waals surface area contributed by atoms with E-state index in [0.29, 0.717) is 5.56 Å². The summed E-state index contributed by atoms with van der Waals surface area (Å²) < 4.78 is 0. The summed E-state index contributed by atoms with van der Waals surface area (Å²) >= 11 is 0. The van der Waals surface area contributed by atoms with Crippen LogP contribution in [0.5, 0.6) is 0 Å². The number of carbonyl (C=O) groups excluding carboxylic acids is 1. The van der Waals surface area contributed by atoms with Crippen molar-refractivity contribution in [3.8, 4) is 0 Å². The van der Waals surface area contributed by atoms with Gasteiger partial charge in [-0.2, -0.15) is 0 Å². The van der Waals surface area contributed by atoms with E-state index in [1.54, 1.807) is 24.5 Å². The molecule has 1 fully saturated rings. The fourth-order valence-corrected chi connectivity index (χ4v) is 1.14. The van der Waals surface area contributed by atoms with Gasteiger partial charge in [-0.15, -0.1) is 0 Å². The SMILES string of the molecule is NC1CC1NC(=O)c1ccncc1. The molecule has 0 spiro atoms. The second-order valence-electron chi connectivity index (χ2n) is 3.22. The van der Waals surface area contributed by atoms with Crippen LogP contribution < -0.4 is 11.1 Å². The molecule has 0 radical (unpaired) electrons. The lowest BCUT2D eigenvalue weighted by Gasteiger charge is -2.02. The molecule has 0 aromatic carbocycles. The molecule has 4 heteroatoms. The zero-order valence-electron chi connectivity index (χ0n) is 7.10. The molecule has 2 unspecified atom stereocenters. The number of hydrogen-bond acceptors (Lipinski definition) is 3. The predicted molar refractivity (Wildman–Crippen MR) is 48.1 cm³/mol. The van der Waals surface area contributed by atoms with Crippen molar-refractivity contribution in [2.75, 3.05) is 0 Å². The van der Waals surface area contributed by atoms with E-state index < -0.39 is 0 Å². The normalized spacial score (nSPS) is 25.3. The van der Waals surface area contributed by atoms with Crippen LogP contribution in [0.3, 0.4) is 0 Å². The summed E-state index contributed by atoms with van der Waals surface area (Å²) in [6.45, 7) is 0. The molecule has 13 heavy (non-hydrogen) atoms. The first kappa shape index (κ1) is 8.19. The molecule has 1 amide bonds. The lowest BCUT2D eigenvalue weighted by Crippen LogP contribution is -2.29. The highest BCUT2D eigenvalue weighted by molar-refractivity contribution is 5.94. The second-order valence-corrected chi connectivity index (χ2v) is 3.22. The van der Waals surface area contributed by atoms with Crippen LogP contribution in [0, 0.1) is 0 Å². The van der Waals surface area contributed by atoms with Crippen LogP contribution in [0.1, 0.15) is 16.8 Å². The molecule has 0 saturated heterocycles. The van der Waals surface area contributed by atoms with Gasteiger partial charge < -0.3 is 11.1 Å². The Bertz CT molecular complexity index is 312. The number of carbonyl (C=O) groups is 1. The van der Waals surface area contributed by atoms with Crippen LogP contribution in [0.4, 0.5) is 0 Å². The maximum atomic E-state index is 11.4. The van der Waals surface area contributed by atoms with E-state index in [1.807, 2.05) is 0 Å². The number of nitrogens with two attached hydrogens (primary N) is 1. The molecule has 1 aromatic rings. The van der Waals surface area contributed by atoms with E-state index in [2.05, 4.69) is 10.3 Å². The summed E-state index contributed by atoms with van der Waals surface area (Å²) in [6.07, 6.45) is 4.08. The topological polar surface area (TPSA) is 68.0 Å². The zero-order valence-corrected chi connectivity index (χ0v) is 7.10. The molecule has 68 valence electrons. The van der Waals surface area contributed by atoms with Crippen LogP contribution in [0.15, 0.2) is 24.5 Å². The summed E-state index contributed by atoms with van der Waals surface area (Å²) in [4.78, 5) is 15.3. The van der Waals surface area contributed by atoms with Crippen molar-refractivity contribution >= 4 is 5.91 Å². The third-order valence-corrected chi connectivity index (χ3v) is 2.10. The van der Waals surface area contributed by atoms with Gasteiger partial charge in [-0.05, 0) is 18.6 Å². The van der Waals surface area contributed by atoms with Crippen molar-refractivity contribution < 1.29 is 4.79 Å². The quantitative estimate of drug-likeness (QED) is 0.663. The maximum Gasteiger partial charge on any atom is 0.251 e. The molecule has 0 bridgehead atoms. The Morgan fingerprint density at radius 3 is 2.69 bits per heavy atom. The van der Waals surface area contributed by atoms with Crippen molar-refractivity contribution in [1.29, 1.82) is 0 Å². The van der Waals surface area contributed by atoms with E-state index in [1.165, 1.54) is 0 Å². The van der Waals surface area contributed by atoms with Crippen molar-refractivity contribution in [2.24, 2.45) is 5.73 Å². The fourth-order valence-electron chi connectivity index (χ4n) is 1.14. The third kappa shape index (κ3) is 1.84. The summed E-state index contributed by atoms with van der Waals surface area (Å²) in [6, 6.07) is 3.68. The lowest BCUT2D eigenvalue weighted by atomic mass is 10.2. The van der Waals surface area contributed by atoms with Gasteiger partial charge in [-0.1, -0.05) is 0 Å². The first-order chi connectivity index (χ1) is 6.27. The highest BCUT2D eigenvalue weighted by atomic mass is 16.1. The minimum Gasteiger partial charge on any atom is -0.348 e. The molecule has 2 atom stereocenters. The van der Waals surface area contributed by atoms with Gasteiger partial charge in [0.1, 0.15) is 0 Å². The molecule has 1 saturated carbocycles. The Balaban J connectivity index is 1.98. The monoisotopic (exact) mass is 177 g/mol. The Morgan fingerprint density at radius 1 is 1.54 bits per heavy atom. The minimum atomic E-state index is -0.0691. The van der Waals surface area contributed by atoms with Crippen molar-refractivity contribution in [3.63, 3.8) is 0 Å². The predicted octanol–water partition coefficient (Wildman–Crippen LogP) is -0.0890. The fraction of sp³-hybridized carbons (Fsp3) is 0.333. The molecular weight excluding hydrogens is 166 g/mol. The lowest BCUT2D eigenvalue weighted by molar-refractivity contribution is 0.0950. The van der Waals surface area contributed by atoms with E-state index in [-0.39, 0.29) is 18.0 Å². The molecule has 1 aromatic heterocycles. The van der Waals surface area contributed by atoms with Gasteiger partial charge in [0.25, 0.3) is 5.91 Å². The number of nitrogens with zero attached hydrogens (tertiary/aromatic N) is 1. The summed E-state index contributed by atoms with van der Waals surface area (Å²) in [5.41, 5.74) is 6.20. The molecule has 4 nitrogen and oxygen atoms in total. The number of amides is 1. The number of hydrogen-bond donors (Lipinski definition) is 2. The van der Waals surface area contributed by atoms with Crippen LogP contribution in [-0.2, 0) is 0 Å². The Labute approximate surface area is 76.2 Å². The summed E-state index contributed by atoms with van der Waals surface area (Å²) in [5, 5.41) is 2.83. The van der Waals surface area contributed by atoms with Crippen molar-refractivity contribution in [3.05, 3.63) is 30.1 Å². The average molecular weight is 177 g/mol. The number of aromatic nitrogens is 1. The first-order valence-corrected chi connectivity index (χ1v) is 4.24. The standard InChI is InChI=1S/C9H11N3O/c10-7-5-8(7)12-9(13)6-1-3-11-4-2-6/h1-4,7-8H,5,10H2,(H,12,13). The molecule has 1 heterocycles. The molecule has 1 aliphatic rings. The number of rotatable bonds is 2. The minimum absolute atomic E-state index is 0.0691. The van der Waals surface area contributed by atoms with Crippen molar-refractivity contribution in [1.82, 2.24) is 10.3 Å². The Morgan fingerprint density at radius 2 is 2.15 bits per heavy atom. The average Bonchev–Trinajstić information content (AvgIpc) is 2.83. The van der Waals surface area contributed by atoms with E-state index in [9.17, 15) is 4.79 Å². The third-order valence-electron chi connectivity index (χ3n) is 2.10. The number of pyridine rings is 1. The Kier molecular flexibility index (Phi) is 1.98. The zero-order chi connectivity index (χ0) is 9.26. The van der Waals surface area contributed by atoms with Gasteiger partial charge in [0, 0.05) is 30.0 Å². The van der Waals surface area contributed by atoms with Gasteiger partial charge in [0.2, 0.25) is 0 Å². The summed E-state index contributed by atoms with van der Waals surface area (Å²) in [5.74, 6) is -0.0691. The van der Waals surface area contributed by atoms with Gasteiger partial charge in [-0.3, -0.25) is 9.78 Å². The second kappa shape index (κ2) is 3.14. The van der Waals surface area contributed by atoms with Gasteiger partial charge in [0.15, 0.2) is 0 Å². The van der Waals surface area contributed by atoms with Gasteiger partial charge in [-0.25, -0.2) is 0 Å². The number of nitrogens with one attached hydrogen (secondary N) is 1. The van der Waals surface area contributed by atoms with Gasteiger partial charge in [0.05, 0.1) is 0 Å². The molecule has 2 rings (SSSR count). The van der Waals surface area contributed by atoms with E-state index >= 15 is 0 Å². The van der Waals surface area contributed by atoms with Crippen LogP contribution in [-0.4, -0.2) is 23.0 Å². The molecular formula is C9H11N3O.